The lowest BCUT2D eigenvalue weighted by Gasteiger charge is -2.11. The molecular weight excluding hydrogens is 439 g/mol. The number of ether oxygens (including phenoxy) is 1. The van der Waals surface area contributed by atoms with E-state index in [0.29, 0.717) is 11.3 Å². The lowest BCUT2D eigenvalue weighted by atomic mass is 10.0. The van der Waals surface area contributed by atoms with E-state index in [0.717, 1.165) is 10.0 Å². The molecule has 3 aromatic rings. The Morgan fingerprint density at radius 2 is 1.90 bits per heavy atom. The Kier molecular flexibility index (Phi) is 6.37. The predicted octanol–water partition coefficient (Wildman–Crippen LogP) is 6.14. The van der Waals surface area contributed by atoms with Gasteiger partial charge in [-0.15, -0.1) is 0 Å². The molecule has 0 aliphatic heterocycles. The average Bonchev–Trinajstić information content (AvgIpc) is 2.72. The molecule has 0 fully saturated rings. The number of non-ortho nitro benzene ring substituents is 1. The molecular formula is C22H14BrFN2O3. The van der Waals surface area contributed by atoms with Crippen molar-refractivity contribution < 1.29 is 14.1 Å². The summed E-state index contributed by atoms with van der Waals surface area (Å²) in [6, 6.07) is 19.4. The van der Waals surface area contributed by atoms with Gasteiger partial charge in [0.1, 0.15) is 18.2 Å². The monoisotopic (exact) mass is 452 g/mol. The number of hydrogen-bond acceptors (Lipinski definition) is 4. The van der Waals surface area contributed by atoms with E-state index in [1.165, 1.54) is 18.2 Å². The van der Waals surface area contributed by atoms with Gasteiger partial charge in [-0.2, -0.15) is 5.26 Å². The van der Waals surface area contributed by atoms with E-state index in [1.54, 1.807) is 54.6 Å². The Bertz CT molecular complexity index is 1120. The molecule has 0 amide bonds. The number of allylic oxidation sites excluding steroid dienone is 1. The normalized spacial score (nSPS) is 11.0. The standard InChI is InChI=1S/C22H14BrFN2O3/c23-18-7-10-22(29-14-15-5-8-19(9-6-15)26(27)28)16(12-18)11-17(13-25)20-3-1-2-4-21(20)24/h1-12H,14H2. The number of rotatable bonds is 6. The fourth-order valence-corrected chi connectivity index (χ4v) is 3.02. The number of hydrogen-bond donors (Lipinski definition) is 0. The second kappa shape index (κ2) is 9.13. The molecule has 3 aromatic carbocycles. The SMILES string of the molecule is N#CC(=Cc1cc(Br)ccc1OCc1ccc([N+](=O)[O-])cc1)c1ccccc1F. The summed E-state index contributed by atoms with van der Waals surface area (Å²) in [6.07, 6.45) is 1.56. The second-order valence-corrected chi connectivity index (χ2v) is 6.96. The molecule has 144 valence electrons. The first-order valence-corrected chi connectivity index (χ1v) is 9.29. The molecule has 0 spiro atoms. The number of benzene rings is 3. The molecule has 29 heavy (non-hydrogen) atoms. The van der Waals surface area contributed by atoms with Crippen molar-refractivity contribution in [2.45, 2.75) is 6.61 Å². The van der Waals surface area contributed by atoms with Gasteiger partial charge in [0.15, 0.2) is 0 Å². The summed E-state index contributed by atoms with van der Waals surface area (Å²) in [5.41, 5.74) is 1.73. The number of halogens is 2. The molecule has 7 heteroatoms. The highest BCUT2D eigenvalue weighted by Gasteiger charge is 2.10. The van der Waals surface area contributed by atoms with Crippen LogP contribution in [0.2, 0.25) is 0 Å². The van der Waals surface area contributed by atoms with Gasteiger partial charge < -0.3 is 4.74 Å². The average molecular weight is 453 g/mol. The quantitative estimate of drug-likeness (QED) is 0.195. The second-order valence-electron chi connectivity index (χ2n) is 6.04. The summed E-state index contributed by atoms with van der Waals surface area (Å²) in [5, 5.41) is 20.3. The van der Waals surface area contributed by atoms with E-state index in [4.69, 9.17) is 4.74 Å². The Morgan fingerprint density at radius 1 is 1.17 bits per heavy atom. The van der Waals surface area contributed by atoms with Gasteiger partial charge >= 0.3 is 0 Å². The summed E-state index contributed by atoms with van der Waals surface area (Å²) in [6.45, 7) is 0.183. The zero-order chi connectivity index (χ0) is 20.8. The van der Waals surface area contributed by atoms with Gasteiger partial charge in [-0.05, 0) is 48.0 Å². The van der Waals surface area contributed by atoms with Crippen molar-refractivity contribution in [1.82, 2.24) is 0 Å². The van der Waals surface area contributed by atoms with Crippen LogP contribution in [0.3, 0.4) is 0 Å². The van der Waals surface area contributed by atoms with Crippen molar-refractivity contribution in [2.24, 2.45) is 0 Å². The maximum Gasteiger partial charge on any atom is 0.269 e. The molecule has 0 aliphatic rings. The van der Waals surface area contributed by atoms with Crippen LogP contribution in [-0.2, 0) is 6.61 Å². The largest absolute Gasteiger partial charge is 0.488 e. The smallest absolute Gasteiger partial charge is 0.269 e. The number of nitriles is 1. The fraction of sp³-hybridized carbons (Fsp3) is 0.0455. The van der Waals surface area contributed by atoms with Crippen molar-refractivity contribution in [3.8, 4) is 11.8 Å². The molecule has 0 aliphatic carbocycles. The van der Waals surface area contributed by atoms with Crippen molar-refractivity contribution >= 4 is 33.3 Å². The van der Waals surface area contributed by atoms with Crippen molar-refractivity contribution in [3.63, 3.8) is 0 Å². The number of nitrogens with zero attached hydrogens (tertiary/aromatic N) is 2. The van der Waals surface area contributed by atoms with E-state index < -0.39 is 10.7 Å². The molecule has 0 radical (unpaired) electrons. The first kappa shape index (κ1) is 20.2. The minimum atomic E-state index is -0.483. The van der Waals surface area contributed by atoms with Crippen LogP contribution in [0.5, 0.6) is 5.75 Å². The Labute approximate surface area is 175 Å². The molecule has 0 heterocycles. The summed E-state index contributed by atoms with van der Waals surface area (Å²) < 4.78 is 20.7. The lowest BCUT2D eigenvalue weighted by molar-refractivity contribution is -0.384. The topological polar surface area (TPSA) is 76.2 Å². The van der Waals surface area contributed by atoms with Crippen LogP contribution in [0.25, 0.3) is 11.6 Å². The maximum absolute atomic E-state index is 14.1. The minimum absolute atomic E-state index is 0.00423. The molecule has 0 bridgehead atoms. The summed E-state index contributed by atoms with van der Waals surface area (Å²) in [7, 11) is 0. The van der Waals surface area contributed by atoms with E-state index in [9.17, 15) is 19.8 Å². The highest BCUT2D eigenvalue weighted by molar-refractivity contribution is 9.10. The highest BCUT2D eigenvalue weighted by Crippen LogP contribution is 2.29. The van der Waals surface area contributed by atoms with Gasteiger partial charge in [0.2, 0.25) is 0 Å². The highest BCUT2D eigenvalue weighted by atomic mass is 79.9. The summed E-state index contributed by atoms with van der Waals surface area (Å²) >= 11 is 3.39. The first-order chi connectivity index (χ1) is 14.0. The van der Waals surface area contributed by atoms with E-state index in [-0.39, 0.29) is 23.4 Å². The van der Waals surface area contributed by atoms with E-state index in [1.807, 2.05) is 6.07 Å². The van der Waals surface area contributed by atoms with Gasteiger partial charge in [-0.3, -0.25) is 10.1 Å². The summed E-state index contributed by atoms with van der Waals surface area (Å²) in [5.74, 6) is 0.0132. The van der Waals surface area contributed by atoms with Gasteiger partial charge in [0, 0.05) is 27.7 Å². The first-order valence-electron chi connectivity index (χ1n) is 8.50. The van der Waals surface area contributed by atoms with Gasteiger partial charge in [-0.25, -0.2) is 4.39 Å². The third-order valence-corrected chi connectivity index (χ3v) is 4.59. The lowest BCUT2D eigenvalue weighted by Crippen LogP contribution is -1.98. The van der Waals surface area contributed by atoms with Crippen LogP contribution in [0, 0.1) is 27.3 Å². The van der Waals surface area contributed by atoms with Crippen molar-refractivity contribution in [1.29, 1.82) is 5.26 Å². The molecule has 0 atom stereocenters. The third-order valence-electron chi connectivity index (χ3n) is 4.10. The van der Waals surface area contributed by atoms with Crippen LogP contribution in [0.15, 0.2) is 71.2 Å². The molecule has 0 unspecified atom stereocenters. The Morgan fingerprint density at radius 3 is 2.55 bits per heavy atom. The van der Waals surface area contributed by atoms with Crippen LogP contribution >= 0.6 is 15.9 Å². The molecule has 5 nitrogen and oxygen atoms in total. The predicted molar refractivity (Wildman–Crippen MR) is 111 cm³/mol. The van der Waals surface area contributed by atoms with Crippen LogP contribution in [0.1, 0.15) is 16.7 Å². The van der Waals surface area contributed by atoms with Crippen LogP contribution < -0.4 is 4.74 Å². The third kappa shape index (κ3) is 5.06. The molecule has 3 rings (SSSR count). The van der Waals surface area contributed by atoms with Gasteiger partial charge in [0.05, 0.1) is 16.6 Å². The minimum Gasteiger partial charge on any atom is -0.488 e. The van der Waals surface area contributed by atoms with Crippen LogP contribution in [-0.4, -0.2) is 4.92 Å². The van der Waals surface area contributed by atoms with Crippen molar-refractivity contribution in [3.05, 3.63) is 104 Å². The fourth-order valence-electron chi connectivity index (χ4n) is 2.64. The number of nitro groups is 1. The summed E-state index contributed by atoms with van der Waals surface area (Å²) in [4.78, 5) is 10.3. The maximum atomic E-state index is 14.1. The van der Waals surface area contributed by atoms with E-state index >= 15 is 0 Å². The number of nitro benzene ring substituents is 1. The van der Waals surface area contributed by atoms with Gasteiger partial charge in [-0.1, -0.05) is 34.1 Å². The van der Waals surface area contributed by atoms with Crippen molar-refractivity contribution in [2.75, 3.05) is 0 Å². The zero-order valence-corrected chi connectivity index (χ0v) is 16.6. The van der Waals surface area contributed by atoms with Crippen LogP contribution in [0.4, 0.5) is 10.1 Å². The van der Waals surface area contributed by atoms with Gasteiger partial charge in [0.25, 0.3) is 5.69 Å². The molecule has 0 saturated carbocycles. The molecule has 0 N–H and O–H groups in total. The molecule has 0 aromatic heterocycles. The Hall–Kier alpha value is -3.50. The zero-order valence-electron chi connectivity index (χ0n) is 15.0. The van der Waals surface area contributed by atoms with E-state index in [2.05, 4.69) is 15.9 Å². The molecule has 0 saturated heterocycles. The Balaban J connectivity index is 1.89.